The molecule has 1 N–H and O–H groups in total. The van der Waals surface area contributed by atoms with Gasteiger partial charge in [0.05, 0.1) is 12.1 Å². The highest BCUT2D eigenvalue weighted by Gasteiger charge is 2.39. The van der Waals surface area contributed by atoms with Crippen LogP contribution in [0.4, 0.5) is 13.2 Å². The van der Waals surface area contributed by atoms with E-state index in [1.165, 1.54) is 0 Å². The van der Waals surface area contributed by atoms with Gasteiger partial charge in [0.1, 0.15) is 5.82 Å². The minimum Gasteiger partial charge on any atom is -0.389 e. The third-order valence-corrected chi connectivity index (χ3v) is 3.41. The fourth-order valence-electron chi connectivity index (χ4n) is 2.15. The SMILES string of the molecule is CCC(C)(O)CN1CCn2c(nnc2C(F)(F)F)C1. The van der Waals surface area contributed by atoms with E-state index in [9.17, 15) is 18.3 Å². The quantitative estimate of drug-likeness (QED) is 0.904. The fraction of sp³-hybridized carbons (Fsp3) is 0.818. The second-order valence-electron chi connectivity index (χ2n) is 5.15. The molecule has 5 nitrogen and oxygen atoms in total. The third kappa shape index (κ3) is 3.06. The molecule has 1 aliphatic heterocycles. The molecular formula is C11H17F3N4O. The van der Waals surface area contributed by atoms with Gasteiger partial charge in [0.25, 0.3) is 0 Å². The monoisotopic (exact) mass is 278 g/mol. The van der Waals surface area contributed by atoms with Crippen LogP contribution in [0.15, 0.2) is 0 Å². The normalized spacial score (nSPS) is 20.1. The molecule has 0 saturated carbocycles. The number of rotatable bonds is 3. The third-order valence-electron chi connectivity index (χ3n) is 3.41. The Labute approximate surface area is 109 Å². The molecule has 0 radical (unpaired) electrons. The van der Waals surface area contributed by atoms with E-state index in [1.807, 2.05) is 11.8 Å². The van der Waals surface area contributed by atoms with Crippen molar-refractivity contribution in [1.82, 2.24) is 19.7 Å². The molecule has 1 atom stereocenters. The average molecular weight is 278 g/mol. The highest BCUT2D eigenvalue weighted by Crippen LogP contribution is 2.29. The number of nitrogens with zero attached hydrogens (tertiary/aromatic N) is 4. The molecule has 0 aromatic carbocycles. The Bertz CT molecular complexity index is 455. The number of alkyl halides is 3. The van der Waals surface area contributed by atoms with Crippen molar-refractivity contribution in [3.8, 4) is 0 Å². The number of aromatic nitrogens is 3. The van der Waals surface area contributed by atoms with Crippen LogP contribution < -0.4 is 0 Å². The molecule has 0 aliphatic carbocycles. The second-order valence-corrected chi connectivity index (χ2v) is 5.15. The lowest BCUT2D eigenvalue weighted by Gasteiger charge is -2.33. The van der Waals surface area contributed by atoms with E-state index >= 15 is 0 Å². The zero-order valence-electron chi connectivity index (χ0n) is 10.9. The molecule has 1 aliphatic rings. The Balaban J connectivity index is 2.12. The predicted octanol–water partition coefficient (Wildman–Crippen LogP) is 1.27. The van der Waals surface area contributed by atoms with Gasteiger partial charge >= 0.3 is 6.18 Å². The number of β-amino-alcohol motifs (C(OH)–C–C–N with tert-alkyl or cyclic N) is 1. The summed E-state index contributed by atoms with van der Waals surface area (Å²) < 4.78 is 39.1. The lowest BCUT2D eigenvalue weighted by atomic mass is 10.0. The summed E-state index contributed by atoms with van der Waals surface area (Å²) in [6.45, 7) is 4.92. The molecule has 19 heavy (non-hydrogen) atoms. The summed E-state index contributed by atoms with van der Waals surface area (Å²) >= 11 is 0. The topological polar surface area (TPSA) is 54.2 Å². The van der Waals surface area contributed by atoms with Gasteiger partial charge in [-0.15, -0.1) is 10.2 Å². The summed E-state index contributed by atoms with van der Waals surface area (Å²) in [5.74, 6) is -0.644. The minimum absolute atomic E-state index is 0.191. The Morgan fingerprint density at radius 3 is 2.53 bits per heavy atom. The standard InChI is InChI=1S/C11H17F3N4O/c1-3-10(2,19)7-17-4-5-18-8(6-17)15-16-9(18)11(12,13)14/h19H,3-7H2,1-2H3. The highest BCUT2D eigenvalue weighted by molar-refractivity contribution is 5.02. The van der Waals surface area contributed by atoms with E-state index in [0.29, 0.717) is 25.3 Å². The lowest BCUT2D eigenvalue weighted by molar-refractivity contribution is -0.148. The van der Waals surface area contributed by atoms with Gasteiger partial charge in [0.15, 0.2) is 0 Å². The second kappa shape index (κ2) is 4.75. The smallest absolute Gasteiger partial charge is 0.389 e. The highest BCUT2D eigenvalue weighted by atomic mass is 19.4. The van der Waals surface area contributed by atoms with Gasteiger partial charge in [-0.3, -0.25) is 4.90 Å². The average Bonchev–Trinajstić information content (AvgIpc) is 2.71. The van der Waals surface area contributed by atoms with Crippen LogP contribution in [0.5, 0.6) is 0 Å². The van der Waals surface area contributed by atoms with E-state index in [0.717, 1.165) is 4.57 Å². The molecule has 0 amide bonds. The van der Waals surface area contributed by atoms with Crippen LogP contribution in [-0.2, 0) is 19.3 Å². The first-order valence-corrected chi connectivity index (χ1v) is 6.17. The van der Waals surface area contributed by atoms with Crippen LogP contribution in [0, 0.1) is 0 Å². The zero-order chi connectivity index (χ0) is 14.3. The fourth-order valence-corrected chi connectivity index (χ4v) is 2.15. The van der Waals surface area contributed by atoms with Crippen molar-refractivity contribution in [3.05, 3.63) is 11.6 Å². The number of aliphatic hydroxyl groups is 1. The van der Waals surface area contributed by atoms with E-state index in [1.54, 1.807) is 6.92 Å². The molecular weight excluding hydrogens is 261 g/mol. The summed E-state index contributed by atoms with van der Waals surface area (Å²) in [7, 11) is 0. The van der Waals surface area contributed by atoms with Crippen LogP contribution in [0.2, 0.25) is 0 Å². The molecule has 1 aromatic rings. The number of halogens is 3. The zero-order valence-corrected chi connectivity index (χ0v) is 10.9. The molecule has 0 bridgehead atoms. The summed E-state index contributed by atoms with van der Waals surface area (Å²) in [5, 5.41) is 16.8. The first kappa shape index (κ1) is 14.3. The Kier molecular flexibility index (Phi) is 3.57. The molecule has 108 valence electrons. The number of hydrogen-bond acceptors (Lipinski definition) is 4. The molecule has 1 unspecified atom stereocenters. The maximum absolute atomic E-state index is 12.7. The van der Waals surface area contributed by atoms with Gasteiger partial charge in [-0.25, -0.2) is 0 Å². The van der Waals surface area contributed by atoms with Gasteiger partial charge in [0.2, 0.25) is 5.82 Å². The van der Waals surface area contributed by atoms with Crippen LogP contribution in [0.3, 0.4) is 0 Å². The van der Waals surface area contributed by atoms with Gasteiger partial charge in [-0.1, -0.05) is 6.92 Å². The van der Waals surface area contributed by atoms with Crippen molar-refractivity contribution in [2.24, 2.45) is 0 Å². The summed E-state index contributed by atoms with van der Waals surface area (Å²) in [6, 6.07) is 0. The van der Waals surface area contributed by atoms with Crippen LogP contribution in [-0.4, -0.2) is 43.5 Å². The maximum atomic E-state index is 12.7. The first-order valence-electron chi connectivity index (χ1n) is 6.17. The van der Waals surface area contributed by atoms with Crippen molar-refractivity contribution in [1.29, 1.82) is 0 Å². The van der Waals surface area contributed by atoms with Crippen molar-refractivity contribution >= 4 is 0 Å². The molecule has 0 spiro atoms. The summed E-state index contributed by atoms with van der Waals surface area (Å²) in [4.78, 5) is 1.90. The summed E-state index contributed by atoms with van der Waals surface area (Å²) in [6.07, 6.45) is -3.88. The van der Waals surface area contributed by atoms with Gasteiger partial charge in [-0.2, -0.15) is 13.2 Å². The number of hydrogen-bond donors (Lipinski definition) is 1. The van der Waals surface area contributed by atoms with Crippen molar-refractivity contribution in [2.75, 3.05) is 13.1 Å². The predicted molar refractivity (Wildman–Crippen MR) is 61.2 cm³/mol. The molecule has 2 rings (SSSR count). The maximum Gasteiger partial charge on any atom is 0.451 e. The number of fused-ring (bicyclic) bond motifs is 1. The van der Waals surface area contributed by atoms with Gasteiger partial charge < -0.3 is 9.67 Å². The molecule has 0 fully saturated rings. The van der Waals surface area contributed by atoms with Gasteiger partial charge in [-0.05, 0) is 13.3 Å². The first-order chi connectivity index (χ1) is 8.73. The van der Waals surface area contributed by atoms with Crippen LogP contribution >= 0.6 is 0 Å². The summed E-state index contributed by atoms with van der Waals surface area (Å²) in [5.41, 5.74) is -0.838. The van der Waals surface area contributed by atoms with E-state index in [4.69, 9.17) is 0 Å². The Morgan fingerprint density at radius 1 is 1.26 bits per heavy atom. The molecule has 0 saturated heterocycles. The van der Waals surface area contributed by atoms with Crippen molar-refractivity contribution < 1.29 is 18.3 Å². The molecule has 8 heteroatoms. The molecule has 2 heterocycles. The lowest BCUT2D eigenvalue weighted by Crippen LogP contribution is -2.44. The van der Waals surface area contributed by atoms with Crippen LogP contribution in [0.1, 0.15) is 31.9 Å². The Hall–Kier alpha value is -1.15. The molecule has 1 aromatic heterocycles. The van der Waals surface area contributed by atoms with Crippen LogP contribution in [0.25, 0.3) is 0 Å². The van der Waals surface area contributed by atoms with Gasteiger partial charge in [0, 0.05) is 19.6 Å². The Morgan fingerprint density at radius 2 is 1.95 bits per heavy atom. The van der Waals surface area contributed by atoms with Crippen molar-refractivity contribution in [3.63, 3.8) is 0 Å². The van der Waals surface area contributed by atoms with E-state index in [-0.39, 0.29) is 13.1 Å². The van der Waals surface area contributed by atoms with Crippen molar-refractivity contribution in [2.45, 2.75) is 45.1 Å². The van der Waals surface area contributed by atoms with E-state index in [2.05, 4.69) is 10.2 Å². The minimum atomic E-state index is -4.47. The largest absolute Gasteiger partial charge is 0.451 e. The van der Waals surface area contributed by atoms with E-state index < -0.39 is 17.6 Å².